The average Bonchev–Trinajstić information content (AvgIpc) is 2.92. The second-order valence-electron chi connectivity index (χ2n) is 8.21. The number of hydrogen-bond donors (Lipinski definition) is 3. The molecule has 3 rings (SSSR count). The Hall–Kier alpha value is -0.690. The van der Waals surface area contributed by atoms with E-state index in [0.29, 0.717) is 19.3 Å². The summed E-state index contributed by atoms with van der Waals surface area (Å²) in [6, 6.07) is 0. The molecule has 3 N–H and O–H groups in total. The predicted molar refractivity (Wildman–Crippen MR) is 81.5 cm³/mol. The zero-order chi connectivity index (χ0) is 17.2. The lowest BCUT2D eigenvalue weighted by Crippen LogP contribution is -2.63. The van der Waals surface area contributed by atoms with Gasteiger partial charge >= 0.3 is 5.97 Å². The maximum Gasteiger partial charge on any atom is 0.332 e. The van der Waals surface area contributed by atoms with Crippen molar-refractivity contribution >= 4 is 5.97 Å². The molecule has 2 saturated heterocycles. The second-order valence-corrected chi connectivity index (χ2v) is 8.21. The Morgan fingerprint density at radius 1 is 1.39 bits per heavy atom. The summed E-state index contributed by atoms with van der Waals surface area (Å²) in [6.45, 7) is 6.97. The van der Waals surface area contributed by atoms with Gasteiger partial charge < -0.3 is 24.8 Å². The first-order valence-corrected chi connectivity index (χ1v) is 8.49. The van der Waals surface area contributed by atoms with E-state index in [4.69, 9.17) is 14.6 Å². The molecule has 3 fully saturated rings. The van der Waals surface area contributed by atoms with Crippen LogP contribution in [0.15, 0.2) is 0 Å². The summed E-state index contributed by atoms with van der Waals surface area (Å²) in [7, 11) is 0. The Balaban J connectivity index is 2.04. The molecule has 1 aliphatic carbocycles. The molecular formula is C17H28O6. The Labute approximate surface area is 136 Å². The van der Waals surface area contributed by atoms with E-state index in [1.165, 1.54) is 0 Å². The molecule has 0 unspecified atom stereocenters. The lowest BCUT2D eigenvalue weighted by Gasteiger charge is -2.53. The number of esters is 1. The fourth-order valence-corrected chi connectivity index (χ4v) is 5.29. The standard InChI is InChI=1S/C17H28O6/c1-9(2)17-7-11(22-12(19)8-18)16(4,23-17)10-5-6-15(3,21)13(10)14(17)20/h9-11,13-14,18,20-21H,5-8H2,1-4H3/t10-,11-,13-,14+,15+,16+,17-/m1/s1. The quantitative estimate of drug-likeness (QED) is 0.657. The number of rotatable bonds is 3. The van der Waals surface area contributed by atoms with Crippen molar-refractivity contribution in [2.24, 2.45) is 17.8 Å². The molecule has 0 aromatic carbocycles. The Bertz CT molecular complexity index is 503. The fraction of sp³-hybridized carbons (Fsp3) is 0.941. The van der Waals surface area contributed by atoms with E-state index in [-0.39, 0.29) is 17.8 Å². The van der Waals surface area contributed by atoms with Gasteiger partial charge in [0.05, 0.1) is 11.7 Å². The number of aliphatic hydroxyl groups is 3. The topological polar surface area (TPSA) is 96.2 Å². The van der Waals surface area contributed by atoms with E-state index in [2.05, 4.69) is 0 Å². The van der Waals surface area contributed by atoms with Gasteiger partial charge in [-0.15, -0.1) is 0 Å². The van der Waals surface area contributed by atoms with Gasteiger partial charge in [-0.2, -0.15) is 0 Å². The van der Waals surface area contributed by atoms with Crippen LogP contribution in [-0.2, 0) is 14.3 Å². The van der Waals surface area contributed by atoms with Gasteiger partial charge in [0.25, 0.3) is 0 Å². The monoisotopic (exact) mass is 328 g/mol. The van der Waals surface area contributed by atoms with Crippen LogP contribution in [0.1, 0.15) is 47.0 Å². The normalized spacial score (nSPS) is 51.8. The molecule has 2 aliphatic heterocycles. The minimum Gasteiger partial charge on any atom is -0.457 e. The van der Waals surface area contributed by atoms with Gasteiger partial charge in [0.2, 0.25) is 0 Å². The molecule has 0 radical (unpaired) electrons. The fourth-order valence-electron chi connectivity index (χ4n) is 5.29. The molecule has 7 atom stereocenters. The van der Waals surface area contributed by atoms with E-state index in [0.717, 1.165) is 0 Å². The summed E-state index contributed by atoms with van der Waals surface area (Å²) < 4.78 is 11.9. The Morgan fingerprint density at radius 3 is 2.61 bits per heavy atom. The summed E-state index contributed by atoms with van der Waals surface area (Å²) in [4.78, 5) is 11.6. The first kappa shape index (κ1) is 17.1. The Morgan fingerprint density at radius 2 is 2.04 bits per heavy atom. The van der Waals surface area contributed by atoms with Crippen molar-refractivity contribution in [3.05, 3.63) is 0 Å². The van der Waals surface area contributed by atoms with Crippen molar-refractivity contribution in [3.63, 3.8) is 0 Å². The van der Waals surface area contributed by atoms with Crippen molar-refractivity contribution in [2.75, 3.05) is 6.61 Å². The van der Waals surface area contributed by atoms with Crippen LogP contribution in [0.2, 0.25) is 0 Å². The maximum absolute atomic E-state index is 11.6. The first-order chi connectivity index (χ1) is 10.6. The molecule has 0 aromatic heterocycles. The molecule has 3 aliphatic rings. The third-order valence-corrected chi connectivity index (χ3v) is 6.62. The van der Waals surface area contributed by atoms with Crippen LogP contribution in [0.4, 0.5) is 0 Å². The van der Waals surface area contributed by atoms with Crippen molar-refractivity contribution < 1.29 is 29.6 Å². The summed E-state index contributed by atoms with van der Waals surface area (Å²) >= 11 is 0. The molecule has 1 saturated carbocycles. The highest BCUT2D eigenvalue weighted by Crippen LogP contribution is 2.63. The molecule has 23 heavy (non-hydrogen) atoms. The molecule has 6 heteroatoms. The van der Waals surface area contributed by atoms with E-state index in [9.17, 15) is 15.0 Å². The number of aliphatic hydroxyl groups excluding tert-OH is 2. The molecule has 2 heterocycles. The van der Waals surface area contributed by atoms with Crippen molar-refractivity contribution in [1.82, 2.24) is 0 Å². The van der Waals surface area contributed by atoms with E-state index in [1.807, 2.05) is 20.8 Å². The maximum atomic E-state index is 11.6. The summed E-state index contributed by atoms with van der Waals surface area (Å²) in [6.07, 6.45) is 0.357. The first-order valence-electron chi connectivity index (χ1n) is 8.49. The Kier molecular flexibility index (Phi) is 3.84. The molecular weight excluding hydrogens is 300 g/mol. The summed E-state index contributed by atoms with van der Waals surface area (Å²) in [5.41, 5.74) is -2.55. The number of hydrogen-bond acceptors (Lipinski definition) is 6. The average molecular weight is 328 g/mol. The van der Waals surface area contributed by atoms with Crippen LogP contribution in [0.3, 0.4) is 0 Å². The second kappa shape index (κ2) is 5.15. The molecule has 2 bridgehead atoms. The van der Waals surface area contributed by atoms with Crippen LogP contribution >= 0.6 is 0 Å². The number of carbonyl (C=O) groups is 1. The predicted octanol–water partition coefficient (Wildman–Crippen LogP) is 0.616. The SMILES string of the molecule is CC(C)[C@@]12C[C@@H](OC(=O)CO)[C@@](C)(O1)[C@@H]1CC[C@](C)(O)[C@H]1[C@@H]2O. The van der Waals surface area contributed by atoms with Gasteiger partial charge in [0.15, 0.2) is 0 Å². The molecule has 132 valence electrons. The molecule has 0 aromatic rings. The van der Waals surface area contributed by atoms with E-state index >= 15 is 0 Å². The van der Waals surface area contributed by atoms with Crippen molar-refractivity contribution in [2.45, 2.75) is 76.0 Å². The zero-order valence-corrected chi connectivity index (χ0v) is 14.3. The lowest BCUT2D eigenvalue weighted by atomic mass is 9.68. The smallest absolute Gasteiger partial charge is 0.332 e. The van der Waals surface area contributed by atoms with Gasteiger partial charge in [-0.1, -0.05) is 13.8 Å². The van der Waals surface area contributed by atoms with Crippen LogP contribution in [-0.4, -0.2) is 56.9 Å². The summed E-state index contributed by atoms with van der Waals surface area (Å²) in [5.74, 6) is -1.06. The van der Waals surface area contributed by atoms with Gasteiger partial charge in [0, 0.05) is 12.3 Å². The minimum absolute atomic E-state index is 0.00648. The molecule has 6 nitrogen and oxygen atoms in total. The van der Waals surface area contributed by atoms with Gasteiger partial charge in [-0.05, 0) is 38.5 Å². The van der Waals surface area contributed by atoms with Crippen LogP contribution in [0.5, 0.6) is 0 Å². The van der Waals surface area contributed by atoms with E-state index in [1.54, 1.807) is 6.92 Å². The lowest BCUT2D eigenvalue weighted by molar-refractivity contribution is -0.271. The highest BCUT2D eigenvalue weighted by molar-refractivity contribution is 5.70. The number of fused-ring (bicyclic) bond motifs is 4. The largest absolute Gasteiger partial charge is 0.457 e. The highest BCUT2D eigenvalue weighted by atomic mass is 16.6. The van der Waals surface area contributed by atoms with Crippen molar-refractivity contribution in [3.8, 4) is 0 Å². The van der Waals surface area contributed by atoms with Crippen LogP contribution < -0.4 is 0 Å². The van der Waals surface area contributed by atoms with Crippen molar-refractivity contribution in [1.29, 1.82) is 0 Å². The van der Waals surface area contributed by atoms with Gasteiger partial charge in [0.1, 0.15) is 23.9 Å². The van der Waals surface area contributed by atoms with Gasteiger partial charge in [-0.25, -0.2) is 4.79 Å². The van der Waals surface area contributed by atoms with Gasteiger partial charge in [-0.3, -0.25) is 0 Å². The van der Waals surface area contributed by atoms with Crippen LogP contribution in [0.25, 0.3) is 0 Å². The minimum atomic E-state index is -0.953. The third-order valence-electron chi connectivity index (χ3n) is 6.62. The number of carbonyl (C=O) groups excluding carboxylic acids is 1. The number of ether oxygens (including phenoxy) is 2. The summed E-state index contributed by atoms with van der Waals surface area (Å²) in [5, 5.41) is 30.9. The molecule has 0 spiro atoms. The zero-order valence-electron chi connectivity index (χ0n) is 14.3. The highest BCUT2D eigenvalue weighted by Gasteiger charge is 2.73. The van der Waals surface area contributed by atoms with E-state index < -0.39 is 41.6 Å². The van der Waals surface area contributed by atoms with Crippen LogP contribution in [0, 0.1) is 17.8 Å². The third kappa shape index (κ3) is 2.18. The molecule has 0 amide bonds.